The lowest BCUT2D eigenvalue weighted by Crippen LogP contribution is -2.28. The van der Waals surface area contributed by atoms with Crippen molar-refractivity contribution in [3.63, 3.8) is 0 Å². The Labute approximate surface area is 155 Å². The van der Waals surface area contributed by atoms with E-state index in [9.17, 15) is 14.4 Å². The number of methoxy groups -OCH3 is 2. The molecule has 0 aliphatic heterocycles. The number of hydrazone groups is 1. The Kier molecular flexibility index (Phi) is 6.70. The van der Waals surface area contributed by atoms with Crippen molar-refractivity contribution in [1.82, 2.24) is 9.99 Å². The lowest BCUT2D eigenvalue weighted by atomic mass is 10.2. The molecule has 142 valence electrons. The average Bonchev–Trinajstić information content (AvgIpc) is 2.64. The maximum absolute atomic E-state index is 11.9. The van der Waals surface area contributed by atoms with Crippen molar-refractivity contribution in [2.24, 2.45) is 5.10 Å². The van der Waals surface area contributed by atoms with E-state index in [2.05, 4.69) is 10.5 Å². The van der Waals surface area contributed by atoms with E-state index in [-0.39, 0.29) is 29.4 Å². The summed E-state index contributed by atoms with van der Waals surface area (Å²) in [6, 6.07) is 7.74. The highest BCUT2D eigenvalue weighted by Crippen LogP contribution is 2.38. The van der Waals surface area contributed by atoms with E-state index in [0.717, 1.165) is 0 Å². The Hall–Kier alpha value is -3.62. The molecule has 0 radical (unpaired) electrons. The molecule has 0 aliphatic carbocycles. The van der Waals surface area contributed by atoms with Crippen LogP contribution in [0.1, 0.15) is 12.5 Å². The zero-order valence-corrected chi connectivity index (χ0v) is 15.1. The summed E-state index contributed by atoms with van der Waals surface area (Å²) in [6.07, 6.45) is 2.88. The van der Waals surface area contributed by atoms with Gasteiger partial charge in [-0.3, -0.25) is 14.4 Å². The predicted molar refractivity (Wildman–Crippen MR) is 97.3 cm³/mol. The molecule has 2 rings (SSSR count). The van der Waals surface area contributed by atoms with Crippen LogP contribution in [0, 0.1) is 0 Å². The molecular formula is C18H19N3O6. The van der Waals surface area contributed by atoms with E-state index in [1.54, 1.807) is 24.3 Å². The lowest BCUT2D eigenvalue weighted by Gasteiger charge is -2.13. The summed E-state index contributed by atoms with van der Waals surface area (Å²) in [4.78, 5) is 34.7. The first-order valence-electron chi connectivity index (χ1n) is 7.86. The largest absolute Gasteiger partial charge is 0.493 e. The second-order valence-corrected chi connectivity index (χ2v) is 5.31. The standard InChI is InChI=1S/C18H19N3O6/c1-12(22)27-18-14(25-2)8-13(9-15(18)26-3)10-19-20-16(23)11-21-7-5-4-6-17(21)24/h4-10H,11H2,1-3H3,(H,20,23)/b19-10-. The van der Waals surface area contributed by atoms with Crippen LogP contribution in [0.5, 0.6) is 17.2 Å². The Bertz CT molecular complexity index is 894. The van der Waals surface area contributed by atoms with Gasteiger partial charge in [0.15, 0.2) is 11.5 Å². The molecular weight excluding hydrogens is 354 g/mol. The van der Waals surface area contributed by atoms with Gasteiger partial charge in [-0.1, -0.05) is 6.07 Å². The van der Waals surface area contributed by atoms with Crippen LogP contribution in [0.25, 0.3) is 0 Å². The van der Waals surface area contributed by atoms with Gasteiger partial charge in [0.25, 0.3) is 11.5 Å². The molecule has 0 atom stereocenters. The smallest absolute Gasteiger partial charge is 0.308 e. The van der Waals surface area contributed by atoms with Gasteiger partial charge >= 0.3 is 5.97 Å². The van der Waals surface area contributed by atoms with Crippen LogP contribution in [0.2, 0.25) is 0 Å². The van der Waals surface area contributed by atoms with Gasteiger partial charge in [-0.15, -0.1) is 0 Å². The van der Waals surface area contributed by atoms with E-state index in [1.165, 1.54) is 44.2 Å². The number of hydrogen-bond acceptors (Lipinski definition) is 7. The molecule has 9 nitrogen and oxygen atoms in total. The topological polar surface area (TPSA) is 108 Å². The molecule has 2 aromatic rings. The summed E-state index contributed by atoms with van der Waals surface area (Å²) < 4.78 is 16.8. The third kappa shape index (κ3) is 5.43. The van der Waals surface area contributed by atoms with Gasteiger partial charge in [-0.05, 0) is 18.2 Å². The fourth-order valence-electron chi connectivity index (χ4n) is 2.18. The number of benzene rings is 1. The van der Waals surface area contributed by atoms with Crippen molar-refractivity contribution in [2.45, 2.75) is 13.5 Å². The summed E-state index contributed by atoms with van der Waals surface area (Å²) in [5.74, 6) is -0.287. The van der Waals surface area contributed by atoms with E-state index in [4.69, 9.17) is 14.2 Å². The molecule has 0 unspecified atom stereocenters. The highest BCUT2D eigenvalue weighted by atomic mass is 16.6. The Morgan fingerprint density at radius 2 is 1.85 bits per heavy atom. The second-order valence-electron chi connectivity index (χ2n) is 5.31. The molecule has 27 heavy (non-hydrogen) atoms. The van der Waals surface area contributed by atoms with E-state index in [1.807, 2.05) is 0 Å². The summed E-state index contributed by atoms with van der Waals surface area (Å²) in [5.41, 5.74) is 2.59. The van der Waals surface area contributed by atoms with Gasteiger partial charge in [0.05, 0.1) is 20.4 Å². The molecule has 0 aliphatic rings. The zero-order valence-electron chi connectivity index (χ0n) is 15.1. The molecule has 0 fully saturated rings. The number of hydrogen-bond donors (Lipinski definition) is 1. The highest BCUT2D eigenvalue weighted by molar-refractivity contribution is 5.85. The van der Waals surface area contributed by atoms with Gasteiger partial charge in [-0.25, -0.2) is 5.43 Å². The molecule has 0 saturated carbocycles. The van der Waals surface area contributed by atoms with Crippen LogP contribution in [0.4, 0.5) is 0 Å². The van der Waals surface area contributed by atoms with Crippen LogP contribution in [-0.4, -0.2) is 36.9 Å². The van der Waals surface area contributed by atoms with Gasteiger partial charge in [-0.2, -0.15) is 5.10 Å². The maximum Gasteiger partial charge on any atom is 0.308 e. The molecule has 9 heteroatoms. The number of aromatic nitrogens is 1. The first-order chi connectivity index (χ1) is 12.9. The van der Waals surface area contributed by atoms with E-state index in [0.29, 0.717) is 5.56 Å². The third-order valence-corrected chi connectivity index (χ3v) is 3.34. The number of carbonyl (C=O) groups is 2. The van der Waals surface area contributed by atoms with Crippen molar-refractivity contribution >= 4 is 18.1 Å². The van der Waals surface area contributed by atoms with E-state index < -0.39 is 11.9 Å². The Balaban J connectivity index is 2.12. The van der Waals surface area contributed by atoms with Crippen LogP contribution >= 0.6 is 0 Å². The van der Waals surface area contributed by atoms with Gasteiger partial charge in [0.1, 0.15) is 6.54 Å². The number of pyridine rings is 1. The summed E-state index contributed by atoms with van der Waals surface area (Å²) in [7, 11) is 2.84. The summed E-state index contributed by atoms with van der Waals surface area (Å²) in [5, 5.41) is 3.85. The van der Waals surface area contributed by atoms with Crippen LogP contribution < -0.4 is 25.2 Å². The third-order valence-electron chi connectivity index (χ3n) is 3.34. The SMILES string of the molecule is COc1cc(/C=N\NC(=O)Cn2ccccc2=O)cc(OC)c1OC(C)=O. The molecule has 1 aromatic heterocycles. The molecule has 1 aromatic carbocycles. The molecule has 0 bridgehead atoms. The van der Waals surface area contributed by atoms with Gasteiger partial charge in [0.2, 0.25) is 5.75 Å². The number of carbonyl (C=O) groups excluding carboxylic acids is 2. The first kappa shape index (κ1) is 19.7. The molecule has 1 heterocycles. The van der Waals surface area contributed by atoms with Crippen LogP contribution in [0.15, 0.2) is 46.4 Å². The molecule has 1 amide bonds. The maximum atomic E-state index is 11.9. The van der Waals surface area contributed by atoms with Crippen molar-refractivity contribution in [3.05, 3.63) is 52.4 Å². The Morgan fingerprint density at radius 3 is 2.41 bits per heavy atom. The molecule has 0 spiro atoms. The minimum absolute atomic E-state index is 0.150. The van der Waals surface area contributed by atoms with Gasteiger partial charge < -0.3 is 18.8 Å². The number of nitrogens with zero attached hydrogens (tertiary/aromatic N) is 2. The molecule has 0 saturated heterocycles. The van der Waals surface area contributed by atoms with Crippen molar-refractivity contribution < 1.29 is 23.8 Å². The number of ether oxygens (including phenoxy) is 3. The quantitative estimate of drug-likeness (QED) is 0.335. The fourth-order valence-corrected chi connectivity index (χ4v) is 2.18. The minimum atomic E-state index is -0.517. The zero-order chi connectivity index (χ0) is 19.8. The normalized spacial score (nSPS) is 10.5. The monoisotopic (exact) mass is 373 g/mol. The first-order valence-corrected chi connectivity index (χ1v) is 7.86. The fraction of sp³-hybridized carbons (Fsp3) is 0.222. The van der Waals surface area contributed by atoms with Crippen molar-refractivity contribution in [2.75, 3.05) is 14.2 Å². The minimum Gasteiger partial charge on any atom is -0.493 e. The lowest BCUT2D eigenvalue weighted by molar-refractivity contribution is -0.132. The Morgan fingerprint density at radius 1 is 1.19 bits per heavy atom. The van der Waals surface area contributed by atoms with Crippen molar-refractivity contribution in [1.29, 1.82) is 0 Å². The van der Waals surface area contributed by atoms with Crippen LogP contribution in [-0.2, 0) is 16.1 Å². The van der Waals surface area contributed by atoms with Gasteiger partial charge in [0, 0.05) is 24.8 Å². The predicted octanol–water partition coefficient (Wildman–Crippen LogP) is 0.941. The number of amides is 1. The number of rotatable bonds is 7. The second kappa shape index (κ2) is 9.18. The van der Waals surface area contributed by atoms with E-state index >= 15 is 0 Å². The number of nitrogens with one attached hydrogen (secondary N) is 1. The van der Waals surface area contributed by atoms with Crippen molar-refractivity contribution in [3.8, 4) is 17.2 Å². The molecule has 1 N–H and O–H groups in total. The number of esters is 1. The highest BCUT2D eigenvalue weighted by Gasteiger charge is 2.15. The summed E-state index contributed by atoms with van der Waals surface area (Å²) >= 11 is 0. The summed E-state index contributed by atoms with van der Waals surface area (Å²) in [6.45, 7) is 1.11. The van der Waals surface area contributed by atoms with Crippen LogP contribution in [0.3, 0.4) is 0 Å². The average molecular weight is 373 g/mol.